The van der Waals surface area contributed by atoms with Crippen molar-refractivity contribution in [3.05, 3.63) is 29.5 Å². The lowest BCUT2D eigenvalue weighted by atomic mass is 10.1. The minimum Gasteiger partial charge on any atom is -0.442 e. The van der Waals surface area contributed by atoms with E-state index in [4.69, 9.17) is 4.74 Å². The highest BCUT2D eigenvalue weighted by Gasteiger charge is 2.20. The molecule has 0 aliphatic rings. The number of hydrogen-bond acceptors (Lipinski definition) is 3. The first-order valence-electron chi connectivity index (χ1n) is 5.96. The van der Waals surface area contributed by atoms with Crippen LogP contribution in [0.5, 0.6) is 0 Å². The highest BCUT2D eigenvalue weighted by Crippen LogP contribution is 2.21. The number of aromatic nitrogens is 2. The van der Waals surface area contributed by atoms with Crippen LogP contribution in [0, 0.1) is 13.8 Å². The molecule has 0 saturated carbocycles. The van der Waals surface area contributed by atoms with Crippen molar-refractivity contribution in [1.29, 1.82) is 0 Å². The van der Waals surface area contributed by atoms with Gasteiger partial charge >= 0.3 is 6.09 Å². The summed E-state index contributed by atoms with van der Waals surface area (Å²) in [7, 11) is 0. The minimum absolute atomic E-state index is 0.440. The van der Waals surface area contributed by atoms with Gasteiger partial charge in [-0.25, -0.2) is 4.79 Å². The number of carbonyl (C=O) groups excluding carboxylic acids is 1. The van der Waals surface area contributed by atoms with Gasteiger partial charge in [-0.2, -0.15) is 9.78 Å². The standard InChI is InChI=1S/C14H18N2O2/c1-9-6-10(2)12-11(7-9)8-15-16(12)13(17)18-14(3,4)5/h6-8H,1-5H3. The Kier molecular flexibility index (Phi) is 2.89. The zero-order valence-electron chi connectivity index (χ0n) is 11.4. The quantitative estimate of drug-likeness (QED) is 0.715. The number of ether oxygens (including phenoxy) is 1. The summed E-state index contributed by atoms with van der Waals surface area (Å²) in [5.41, 5.74) is 2.47. The van der Waals surface area contributed by atoms with Crippen molar-refractivity contribution in [3.63, 3.8) is 0 Å². The molecule has 4 nitrogen and oxygen atoms in total. The summed E-state index contributed by atoms with van der Waals surface area (Å²) < 4.78 is 6.67. The number of fused-ring (bicyclic) bond motifs is 1. The topological polar surface area (TPSA) is 44.1 Å². The van der Waals surface area contributed by atoms with E-state index in [2.05, 4.69) is 5.10 Å². The van der Waals surface area contributed by atoms with Gasteiger partial charge in [0.2, 0.25) is 0 Å². The fourth-order valence-corrected chi connectivity index (χ4v) is 2.00. The second-order valence-electron chi connectivity index (χ2n) is 5.56. The van der Waals surface area contributed by atoms with Crippen LogP contribution in [0.15, 0.2) is 18.3 Å². The first-order valence-corrected chi connectivity index (χ1v) is 5.96. The molecule has 0 unspecified atom stereocenters. The molecular formula is C14H18N2O2. The van der Waals surface area contributed by atoms with E-state index in [0.29, 0.717) is 0 Å². The van der Waals surface area contributed by atoms with Gasteiger partial charge in [-0.3, -0.25) is 0 Å². The van der Waals surface area contributed by atoms with Crippen molar-refractivity contribution in [1.82, 2.24) is 9.78 Å². The highest BCUT2D eigenvalue weighted by molar-refractivity contribution is 5.90. The predicted octanol–water partition coefficient (Wildman–Crippen LogP) is 3.44. The SMILES string of the molecule is Cc1cc(C)c2c(cnn2C(=O)OC(C)(C)C)c1. The van der Waals surface area contributed by atoms with Crippen LogP contribution in [0.25, 0.3) is 10.9 Å². The van der Waals surface area contributed by atoms with Crippen LogP contribution in [-0.2, 0) is 4.74 Å². The molecule has 4 heteroatoms. The maximum atomic E-state index is 12.1. The second-order valence-corrected chi connectivity index (χ2v) is 5.56. The van der Waals surface area contributed by atoms with Gasteiger partial charge in [0.25, 0.3) is 0 Å². The van der Waals surface area contributed by atoms with E-state index in [1.807, 2.05) is 46.8 Å². The molecule has 18 heavy (non-hydrogen) atoms. The molecular weight excluding hydrogens is 228 g/mol. The van der Waals surface area contributed by atoms with E-state index >= 15 is 0 Å². The van der Waals surface area contributed by atoms with Gasteiger partial charge in [-0.1, -0.05) is 11.6 Å². The Balaban J connectivity index is 2.50. The summed E-state index contributed by atoms with van der Waals surface area (Å²) >= 11 is 0. The number of benzene rings is 1. The van der Waals surface area contributed by atoms with Crippen LogP contribution in [0.4, 0.5) is 4.79 Å². The van der Waals surface area contributed by atoms with E-state index in [1.165, 1.54) is 4.68 Å². The summed E-state index contributed by atoms with van der Waals surface area (Å²) in [6.45, 7) is 9.52. The van der Waals surface area contributed by atoms with Crippen molar-refractivity contribution < 1.29 is 9.53 Å². The molecule has 0 saturated heterocycles. The van der Waals surface area contributed by atoms with E-state index < -0.39 is 11.7 Å². The molecule has 0 aliphatic heterocycles. The average Bonchev–Trinajstić information content (AvgIpc) is 2.58. The van der Waals surface area contributed by atoms with Gasteiger partial charge in [0.1, 0.15) is 5.60 Å². The maximum Gasteiger partial charge on any atom is 0.435 e. The number of rotatable bonds is 0. The highest BCUT2D eigenvalue weighted by atomic mass is 16.6. The molecule has 0 bridgehead atoms. The molecule has 0 aliphatic carbocycles. The van der Waals surface area contributed by atoms with Crippen molar-refractivity contribution in [2.45, 2.75) is 40.2 Å². The van der Waals surface area contributed by atoms with E-state index in [-0.39, 0.29) is 0 Å². The average molecular weight is 246 g/mol. The van der Waals surface area contributed by atoms with Gasteiger partial charge in [0.05, 0.1) is 11.7 Å². The molecule has 0 amide bonds. The molecule has 0 N–H and O–H groups in total. The van der Waals surface area contributed by atoms with Gasteiger partial charge in [0, 0.05) is 5.39 Å². The molecule has 1 aromatic carbocycles. The molecule has 2 rings (SSSR count). The minimum atomic E-state index is -0.520. The lowest BCUT2D eigenvalue weighted by Gasteiger charge is -2.19. The van der Waals surface area contributed by atoms with E-state index in [9.17, 15) is 4.79 Å². The van der Waals surface area contributed by atoms with E-state index in [1.54, 1.807) is 6.20 Å². The van der Waals surface area contributed by atoms with Crippen LogP contribution in [0.3, 0.4) is 0 Å². The normalized spacial score (nSPS) is 11.8. The Morgan fingerprint density at radius 2 is 1.94 bits per heavy atom. The van der Waals surface area contributed by atoms with Crippen LogP contribution in [0.2, 0.25) is 0 Å². The smallest absolute Gasteiger partial charge is 0.435 e. The summed E-state index contributed by atoms with van der Waals surface area (Å²) in [4.78, 5) is 12.1. The first kappa shape index (κ1) is 12.6. The van der Waals surface area contributed by atoms with Crippen molar-refractivity contribution in [3.8, 4) is 0 Å². The van der Waals surface area contributed by atoms with Crippen molar-refractivity contribution in [2.75, 3.05) is 0 Å². The molecule has 0 fully saturated rings. The number of nitrogens with zero attached hydrogens (tertiary/aromatic N) is 2. The van der Waals surface area contributed by atoms with E-state index in [0.717, 1.165) is 22.0 Å². The van der Waals surface area contributed by atoms with Crippen LogP contribution in [-0.4, -0.2) is 21.5 Å². The number of carbonyl (C=O) groups is 1. The van der Waals surface area contributed by atoms with Crippen LogP contribution >= 0.6 is 0 Å². The lowest BCUT2D eigenvalue weighted by molar-refractivity contribution is 0.0522. The monoisotopic (exact) mass is 246 g/mol. The Labute approximate surface area is 107 Å². The lowest BCUT2D eigenvalue weighted by Crippen LogP contribution is -2.27. The zero-order valence-corrected chi connectivity index (χ0v) is 11.4. The molecule has 96 valence electrons. The third-order valence-corrected chi connectivity index (χ3v) is 2.56. The number of aryl methyl sites for hydroxylation is 2. The van der Waals surface area contributed by atoms with Gasteiger partial charge < -0.3 is 4.74 Å². The second kappa shape index (κ2) is 4.12. The fourth-order valence-electron chi connectivity index (χ4n) is 2.00. The van der Waals surface area contributed by atoms with Gasteiger partial charge in [0.15, 0.2) is 0 Å². The first-order chi connectivity index (χ1) is 8.28. The molecule has 0 radical (unpaired) electrons. The summed E-state index contributed by atoms with van der Waals surface area (Å²) in [5.74, 6) is 0. The van der Waals surface area contributed by atoms with Crippen molar-refractivity contribution >= 4 is 17.0 Å². The van der Waals surface area contributed by atoms with Crippen LogP contribution < -0.4 is 0 Å². The fraction of sp³-hybridized carbons (Fsp3) is 0.429. The summed E-state index contributed by atoms with van der Waals surface area (Å²) in [5, 5.41) is 5.08. The Bertz CT molecular complexity index is 606. The molecule has 1 aromatic heterocycles. The largest absolute Gasteiger partial charge is 0.442 e. The maximum absolute atomic E-state index is 12.1. The summed E-state index contributed by atoms with van der Waals surface area (Å²) in [6.07, 6.45) is 1.25. The molecule has 2 aromatic rings. The van der Waals surface area contributed by atoms with Crippen molar-refractivity contribution in [2.24, 2.45) is 0 Å². The number of hydrogen-bond donors (Lipinski definition) is 0. The molecule has 1 heterocycles. The Morgan fingerprint density at radius 3 is 2.56 bits per heavy atom. The van der Waals surface area contributed by atoms with Crippen LogP contribution in [0.1, 0.15) is 31.9 Å². The molecule has 0 spiro atoms. The predicted molar refractivity (Wildman–Crippen MR) is 70.8 cm³/mol. The third kappa shape index (κ3) is 2.37. The summed E-state index contributed by atoms with van der Waals surface area (Å²) in [6, 6.07) is 4.04. The van der Waals surface area contributed by atoms with Gasteiger partial charge in [-0.05, 0) is 46.2 Å². The molecule has 0 atom stereocenters. The van der Waals surface area contributed by atoms with Gasteiger partial charge in [-0.15, -0.1) is 0 Å². The third-order valence-electron chi connectivity index (χ3n) is 2.56. The Morgan fingerprint density at radius 1 is 1.28 bits per heavy atom. The Hall–Kier alpha value is -1.84. The zero-order chi connectivity index (χ0) is 13.5.